The standard InChI is InChI=1S/C15H11Cl2NO/c16-13-6-11(7-14(17)9-13)3-4-15(19)8-12-2-1-5-18-10-12/h1-7,9-10H,8H2. The van der Waals surface area contributed by atoms with Crippen LogP contribution in [0.5, 0.6) is 0 Å². The van der Waals surface area contributed by atoms with Crippen molar-refractivity contribution in [2.75, 3.05) is 0 Å². The molecule has 0 amide bonds. The first-order valence-corrected chi connectivity index (χ1v) is 6.45. The molecule has 4 heteroatoms. The molecule has 0 atom stereocenters. The van der Waals surface area contributed by atoms with E-state index in [2.05, 4.69) is 4.98 Å². The fourth-order valence-electron chi connectivity index (χ4n) is 1.62. The van der Waals surface area contributed by atoms with Crippen LogP contribution in [0, 0.1) is 0 Å². The maximum Gasteiger partial charge on any atom is 0.160 e. The average Bonchev–Trinajstić information content (AvgIpc) is 2.36. The third kappa shape index (κ3) is 4.51. The van der Waals surface area contributed by atoms with Gasteiger partial charge in [0, 0.05) is 28.9 Å². The Kier molecular flexibility index (Phi) is 4.72. The zero-order valence-electron chi connectivity index (χ0n) is 10.0. The summed E-state index contributed by atoms with van der Waals surface area (Å²) in [6, 6.07) is 8.83. The molecule has 2 aromatic rings. The molecule has 0 saturated heterocycles. The topological polar surface area (TPSA) is 30.0 Å². The number of allylic oxidation sites excluding steroid dienone is 1. The van der Waals surface area contributed by atoms with Gasteiger partial charge < -0.3 is 0 Å². The van der Waals surface area contributed by atoms with Gasteiger partial charge in [-0.3, -0.25) is 9.78 Å². The number of rotatable bonds is 4. The van der Waals surface area contributed by atoms with Crippen molar-refractivity contribution in [2.45, 2.75) is 6.42 Å². The van der Waals surface area contributed by atoms with Crippen LogP contribution in [0.3, 0.4) is 0 Å². The molecule has 0 aliphatic heterocycles. The summed E-state index contributed by atoms with van der Waals surface area (Å²) < 4.78 is 0. The fourth-order valence-corrected chi connectivity index (χ4v) is 2.17. The quantitative estimate of drug-likeness (QED) is 0.790. The molecule has 19 heavy (non-hydrogen) atoms. The van der Waals surface area contributed by atoms with E-state index in [0.29, 0.717) is 16.5 Å². The largest absolute Gasteiger partial charge is 0.294 e. The van der Waals surface area contributed by atoms with Crippen molar-refractivity contribution in [2.24, 2.45) is 0 Å². The molecule has 0 unspecified atom stereocenters. The van der Waals surface area contributed by atoms with E-state index >= 15 is 0 Å². The van der Waals surface area contributed by atoms with Crippen LogP contribution in [-0.2, 0) is 11.2 Å². The van der Waals surface area contributed by atoms with Gasteiger partial charge in [-0.25, -0.2) is 0 Å². The number of nitrogens with zero attached hydrogens (tertiary/aromatic N) is 1. The zero-order valence-corrected chi connectivity index (χ0v) is 11.5. The van der Waals surface area contributed by atoms with Crippen molar-refractivity contribution >= 4 is 35.1 Å². The average molecular weight is 292 g/mol. The van der Waals surface area contributed by atoms with Crippen LogP contribution in [0.25, 0.3) is 6.08 Å². The number of pyridine rings is 1. The Morgan fingerprint density at radius 1 is 1.21 bits per heavy atom. The molecule has 2 rings (SSSR count). The number of aromatic nitrogens is 1. The van der Waals surface area contributed by atoms with Gasteiger partial charge in [0.2, 0.25) is 0 Å². The number of benzene rings is 1. The molecule has 0 bridgehead atoms. The third-order valence-corrected chi connectivity index (χ3v) is 2.88. The van der Waals surface area contributed by atoms with Crippen molar-refractivity contribution in [3.05, 3.63) is 70.0 Å². The second-order valence-electron chi connectivity index (χ2n) is 4.04. The van der Waals surface area contributed by atoms with Gasteiger partial charge in [-0.15, -0.1) is 0 Å². The van der Waals surface area contributed by atoms with Crippen LogP contribution in [-0.4, -0.2) is 10.8 Å². The minimum Gasteiger partial charge on any atom is -0.294 e. The summed E-state index contributed by atoms with van der Waals surface area (Å²) in [7, 11) is 0. The molecule has 0 spiro atoms. The molecular weight excluding hydrogens is 281 g/mol. The Balaban J connectivity index is 2.04. The maximum atomic E-state index is 11.8. The highest BCUT2D eigenvalue weighted by Crippen LogP contribution is 2.19. The highest BCUT2D eigenvalue weighted by molar-refractivity contribution is 6.34. The molecule has 0 aliphatic rings. The number of carbonyl (C=O) groups excluding carboxylic acids is 1. The molecule has 0 fully saturated rings. The van der Waals surface area contributed by atoms with Crippen LogP contribution in [0.2, 0.25) is 10.0 Å². The Hall–Kier alpha value is -1.64. The van der Waals surface area contributed by atoms with E-state index in [0.717, 1.165) is 11.1 Å². The number of halogens is 2. The number of carbonyl (C=O) groups is 1. The lowest BCUT2D eigenvalue weighted by molar-refractivity contribution is -0.113. The first-order valence-electron chi connectivity index (χ1n) is 5.69. The van der Waals surface area contributed by atoms with E-state index in [9.17, 15) is 4.79 Å². The van der Waals surface area contributed by atoms with Gasteiger partial charge in [0.05, 0.1) is 0 Å². The molecule has 0 radical (unpaired) electrons. The summed E-state index contributed by atoms with van der Waals surface area (Å²) in [6.45, 7) is 0. The summed E-state index contributed by atoms with van der Waals surface area (Å²) in [5.41, 5.74) is 1.69. The minimum absolute atomic E-state index is 0.00379. The molecular formula is C15H11Cl2NO. The Morgan fingerprint density at radius 3 is 2.58 bits per heavy atom. The lowest BCUT2D eigenvalue weighted by Crippen LogP contribution is -1.98. The first kappa shape index (κ1) is 13.8. The van der Waals surface area contributed by atoms with E-state index in [1.807, 2.05) is 12.1 Å². The van der Waals surface area contributed by atoms with E-state index in [1.165, 1.54) is 6.08 Å². The second-order valence-corrected chi connectivity index (χ2v) is 4.91. The van der Waals surface area contributed by atoms with Crippen molar-refractivity contribution in [1.82, 2.24) is 4.98 Å². The van der Waals surface area contributed by atoms with Crippen molar-refractivity contribution in [3.63, 3.8) is 0 Å². The van der Waals surface area contributed by atoms with Crippen LogP contribution in [0.15, 0.2) is 48.8 Å². The highest BCUT2D eigenvalue weighted by Gasteiger charge is 2.00. The van der Waals surface area contributed by atoms with Crippen LogP contribution >= 0.6 is 23.2 Å². The van der Waals surface area contributed by atoms with Gasteiger partial charge in [0.1, 0.15) is 0 Å². The van der Waals surface area contributed by atoms with Gasteiger partial charge >= 0.3 is 0 Å². The molecule has 0 N–H and O–H groups in total. The molecule has 0 aliphatic carbocycles. The summed E-state index contributed by atoms with van der Waals surface area (Å²) in [5, 5.41) is 1.10. The molecule has 96 valence electrons. The Bertz CT molecular complexity index is 589. The van der Waals surface area contributed by atoms with Gasteiger partial charge in [-0.2, -0.15) is 0 Å². The van der Waals surface area contributed by atoms with Crippen LogP contribution in [0.1, 0.15) is 11.1 Å². The first-order chi connectivity index (χ1) is 9.13. The maximum absolute atomic E-state index is 11.8. The number of hydrogen-bond donors (Lipinski definition) is 0. The van der Waals surface area contributed by atoms with E-state index in [-0.39, 0.29) is 5.78 Å². The SMILES string of the molecule is O=C(C=Cc1cc(Cl)cc(Cl)c1)Cc1cccnc1. The molecule has 1 heterocycles. The molecule has 1 aromatic heterocycles. The summed E-state index contributed by atoms with van der Waals surface area (Å²) in [4.78, 5) is 15.7. The third-order valence-electron chi connectivity index (χ3n) is 2.45. The normalized spacial score (nSPS) is 10.8. The lowest BCUT2D eigenvalue weighted by Gasteiger charge is -1.98. The van der Waals surface area contributed by atoms with Crippen LogP contribution in [0.4, 0.5) is 0 Å². The fraction of sp³-hybridized carbons (Fsp3) is 0.0667. The Morgan fingerprint density at radius 2 is 1.95 bits per heavy atom. The predicted molar refractivity (Wildman–Crippen MR) is 78.4 cm³/mol. The van der Waals surface area contributed by atoms with Crippen molar-refractivity contribution < 1.29 is 4.79 Å². The van der Waals surface area contributed by atoms with E-state index in [4.69, 9.17) is 23.2 Å². The summed E-state index contributed by atoms with van der Waals surface area (Å²) in [5.74, 6) is 0.00379. The van der Waals surface area contributed by atoms with Crippen molar-refractivity contribution in [1.29, 1.82) is 0 Å². The molecule has 1 aromatic carbocycles. The zero-order chi connectivity index (χ0) is 13.7. The monoisotopic (exact) mass is 291 g/mol. The Labute approximate surface area is 121 Å². The van der Waals surface area contributed by atoms with Gasteiger partial charge in [-0.05, 0) is 41.5 Å². The van der Waals surface area contributed by atoms with Gasteiger partial charge in [0.15, 0.2) is 5.78 Å². The minimum atomic E-state index is 0.00379. The second kappa shape index (κ2) is 6.50. The van der Waals surface area contributed by atoms with Gasteiger partial charge in [-0.1, -0.05) is 35.3 Å². The highest BCUT2D eigenvalue weighted by atomic mass is 35.5. The summed E-state index contributed by atoms with van der Waals surface area (Å²) in [6.07, 6.45) is 6.92. The smallest absolute Gasteiger partial charge is 0.160 e. The molecule has 2 nitrogen and oxygen atoms in total. The summed E-state index contributed by atoms with van der Waals surface area (Å²) >= 11 is 11.8. The number of ketones is 1. The van der Waals surface area contributed by atoms with Crippen LogP contribution < -0.4 is 0 Å². The van der Waals surface area contributed by atoms with E-state index < -0.39 is 0 Å². The van der Waals surface area contributed by atoms with Gasteiger partial charge in [0.25, 0.3) is 0 Å². The number of hydrogen-bond acceptors (Lipinski definition) is 2. The lowest BCUT2D eigenvalue weighted by atomic mass is 10.1. The van der Waals surface area contributed by atoms with Crippen molar-refractivity contribution in [3.8, 4) is 0 Å². The predicted octanol–water partition coefficient (Wildman–Crippen LogP) is 4.21. The van der Waals surface area contributed by atoms with E-state index in [1.54, 1.807) is 36.7 Å². The molecule has 0 saturated carbocycles.